The highest BCUT2D eigenvalue weighted by atomic mass is 35.5. The van der Waals surface area contributed by atoms with Crippen LogP contribution in [0.2, 0.25) is 0 Å². The van der Waals surface area contributed by atoms with Crippen LogP contribution in [0, 0.1) is 11.3 Å². The van der Waals surface area contributed by atoms with Crippen LogP contribution in [0.4, 0.5) is 11.4 Å². The Hall–Kier alpha value is -1.59. The highest BCUT2D eigenvalue weighted by molar-refractivity contribution is 5.96. The number of amides is 2. The predicted octanol–water partition coefficient (Wildman–Crippen LogP) is 2.71. The average molecular weight is 350 g/mol. The van der Waals surface area contributed by atoms with E-state index in [-0.39, 0.29) is 35.6 Å². The van der Waals surface area contributed by atoms with Gasteiger partial charge in [0.25, 0.3) is 0 Å². The number of halogens is 1. The summed E-state index contributed by atoms with van der Waals surface area (Å²) in [5, 5.41) is 9.38. The average Bonchev–Trinajstić information content (AvgIpc) is 3.26. The number of anilines is 2. The van der Waals surface area contributed by atoms with E-state index in [0.717, 1.165) is 62.1 Å². The fourth-order valence-corrected chi connectivity index (χ4v) is 4.08. The molecule has 1 aromatic rings. The van der Waals surface area contributed by atoms with E-state index >= 15 is 0 Å². The summed E-state index contributed by atoms with van der Waals surface area (Å²) < 4.78 is 0. The lowest BCUT2D eigenvalue weighted by molar-refractivity contribution is -0.118. The SMILES string of the molecule is Cl.O=C1CCCc2cc(NC(=O)C3CC34CCNCC4)ccc2N1. The van der Waals surface area contributed by atoms with Gasteiger partial charge in [0, 0.05) is 23.7 Å². The first-order chi connectivity index (χ1) is 11.2. The zero-order valence-corrected chi connectivity index (χ0v) is 14.5. The van der Waals surface area contributed by atoms with Gasteiger partial charge in [0.2, 0.25) is 11.8 Å². The van der Waals surface area contributed by atoms with Gasteiger partial charge in [-0.3, -0.25) is 9.59 Å². The van der Waals surface area contributed by atoms with Crippen LogP contribution in [0.25, 0.3) is 0 Å². The van der Waals surface area contributed by atoms with Crippen molar-refractivity contribution in [3.8, 4) is 0 Å². The molecular formula is C18H24ClN3O2. The number of carbonyl (C=O) groups excluding carboxylic acids is 2. The fraction of sp³-hybridized carbons (Fsp3) is 0.556. The molecule has 2 amide bonds. The standard InChI is InChI=1S/C18H23N3O2.ClH/c22-16-3-1-2-12-10-13(4-5-15(12)21-16)20-17(23)14-11-18(14)6-8-19-9-7-18;/h4-5,10,14,19H,1-3,6-9,11H2,(H,20,23)(H,21,22);1H. The molecule has 0 radical (unpaired) electrons. The van der Waals surface area contributed by atoms with Crippen molar-refractivity contribution in [1.82, 2.24) is 5.32 Å². The smallest absolute Gasteiger partial charge is 0.228 e. The van der Waals surface area contributed by atoms with Crippen LogP contribution in [-0.2, 0) is 16.0 Å². The molecule has 0 bridgehead atoms. The molecule has 1 saturated carbocycles. The summed E-state index contributed by atoms with van der Waals surface area (Å²) in [7, 11) is 0. The van der Waals surface area contributed by atoms with Crippen molar-refractivity contribution in [2.75, 3.05) is 23.7 Å². The Kier molecular flexibility index (Phi) is 4.83. The first-order valence-corrected chi connectivity index (χ1v) is 8.61. The summed E-state index contributed by atoms with van der Waals surface area (Å²) >= 11 is 0. The Morgan fingerprint density at radius 3 is 2.79 bits per heavy atom. The summed E-state index contributed by atoms with van der Waals surface area (Å²) in [5.74, 6) is 0.402. The number of rotatable bonds is 2. The first kappa shape index (κ1) is 17.2. The number of benzene rings is 1. The summed E-state index contributed by atoms with van der Waals surface area (Å²) in [4.78, 5) is 24.1. The van der Waals surface area contributed by atoms with Gasteiger partial charge < -0.3 is 16.0 Å². The van der Waals surface area contributed by atoms with Crippen molar-refractivity contribution in [1.29, 1.82) is 0 Å². The highest BCUT2D eigenvalue weighted by Gasteiger charge is 2.57. The second-order valence-electron chi connectivity index (χ2n) is 7.13. The summed E-state index contributed by atoms with van der Waals surface area (Å²) in [6, 6.07) is 5.80. The quantitative estimate of drug-likeness (QED) is 0.768. The van der Waals surface area contributed by atoms with Gasteiger partial charge in [-0.15, -0.1) is 12.4 Å². The topological polar surface area (TPSA) is 70.2 Å². The molecule has 5 nitrogen and oxygen atoms in total. The van der Waals surface area contributed by atoms with Crippen molar-refractivity contribution >= 4 is 35.6 Å². The summed E-state index contributed by atoms with van der Waals surface area (Å²) in [6.45, 7) is 2.06. The maximum Gasteiger partial charge on any atom is 0.228 e. The van der Waals surface area contributed by atoms with E-state index in [9.17, 15) is 9.59 Å². The molecule has 1 saturated heterocycles. The monoisotopic (exact) mass is 349 g/mol. The van der Waals surface area contributed by atoms with Crippen molar-refractivity contribution in [3.63, 3.8) is 0 Å². The van der Waals surface area contributed by atoms with E-state index in [4.69, 9.17) is 0 Å². The molecule has 24 heavy (non-hydrogen) atoms. The Morgan fingerprint density at radius 2 is 2.00 bits per heavy atom. The van der Waals surface area contributed by atoms with Gasteiger partial charge in [-0.05, 0) is 74.4 Å². The number of nitrogens with one attached hydrogen (secondary N) is 3. The third-order valence-electron chi connectivity index (χ3n) is 5.60. The van der Waals surface area contributed by atoms with E-state index in [1.807, 2.05) is 18.2 Å². The Balaban J connectivity index is 0.00000169. The number of piperidine rings is 1. The number of hydrogen-bond donors (Lipinski definition) is 3. The molecule has 6 heteroatoms. The fourth-order valence-electron chi connectivity index (χ4n) is 4.08. The van der Waals surface area contributed by atoms with Gasteiger partial charge in [-0.1, -0.05) is 0 Å². The normalized spacial score (nSPS) is 24.2. The second-order valence-corrected chi connectivity index (χ2v) is 7.13. The van der Waals surface area contributed by atoms with Gasteiger partial charge >= 0.3 is 0 Å². The third kappa shape index (κ3) is 3.28. The number of hydrogen-bond acceptors (Lipinski definition) is 3. The Labute approximate surface area is 148 Å². The van der Waals surface area contributed by atoms with Crippen LogP contribution < -0.4 is 16.0 Å². The maximum absolute atomic E-state index is 12.5. The Morgan fingerprint density at radius 1 is 1.21 bits per heavy atom. The minimum atomic E-state index is 0. The molecule has 2 aliphatic heterocycles. The lowest BCUT2D eigenvalue weighted by Crippen LogP contribution is -2.31. The van der Waals surface area contributed by atoms with E-state index in [1.54, 1.807) is 0 Å². The molecule has 1 spiro atoms. The summed E-state index contributed by atoms with van der Waals surface area (Å²) in [6.07, 6.45) is 5.55. The van der Waals surface area contributed by atoms with E-state index < -0.39 is 0 Å². The van der Waals surface area contributed by atoms with Gasteiger partial charge in [0.15, 0.2) is 0 Å². The van der Waals surface area contributed by atoms with Crippen LogP contribution in [-0.4, -0.2) is 24.9 Å². The van der Waals surface area contributed by atoms with Gasteiger partial charge in [0.05, 0.1) is 0 Å². The Bertz CT molecular complexity index is 656. The van der Waals surface area contributed by atoms with Crippen molar-refractivity contribution in [2.24, 2.45) is 11.3 Å². The second kappa shape index (κ2) is 6.73. The molecule has 130 valence electrons. The summed E-state index contributed by atoms with van der Waals surface area (Å²) in [5.41, 5.74) is 3.10. The zero-order chi connectivity index (χ0) is 15.9. The van der Waals surface area contributed by atoms with Crippen molar-refractivity contribution < 1.29 is 9.59 Å². The molecule has 1 unspecified atom stereocenters. The number of carbonyl (C=O) groups is 2. The van der Waals surface area contributed by atoms with Crippen LogP contribution in [0.15, 0.2) is 18.2 Å². The van der Waals surface area contributed by atoms with Crippen LogP contribution >= 0.6 is 12.4 Å². The lowest BCUT2D eigenvalue weighted by atomic mass is 9.92. The minimum absolute atomic E-state index is 0. The molecule has 4 rings (SSSR count). The number of aryl methyl sites for hydroxylation is 1. The van der Waals surface area contributed by atoms with Crippen LogP contribution in [0.1, 0.15) is 37.7 Å². The molecule has 3 N–H and O–H groups in total. The third-order valence-corrected chi connectivity index (χ3v) is 5.60. The van der Waals surface area contributed by atoms with E-state index in [1.165, 1.54) is 0 Å². The lowest BCUT2D eigenvalue weighted by Gasteiger charge is -2.23. The zero-order valence-electron chi connectivity index (χ0n) is 13.7. The van der Waals surface area contributed by atoms with Gasteiger partial charge in [-0.25, -0.2) is 0 Å². The molecule has 3 aliphatic rings. The van der Waals surface area contributed by atoms with Crippen LogP contribution in [0.5, 0.6) is 0 Å². The molecule has 0 aromatic heterocycles. The minimum Gasteiger partial charge on any atom is -0.326 e. The predicted molar refractivity (Wildman–Crippen MR) is 96.5 cm³/mol. The maximum atomic E-state index is 12.5. The van der Waals surface area contributed by atoms with E-state index in [0.29, 0.717) is 6.42 Å². The molecule has 1 aromatic carbocycles. The van der Waals surface area contributed by atoms with E-state index in [2.05, 4.69) is 16.0 Å². The molecule has 2 heterocycles. The largest absolute Gasteiger partial charge is 0.326 e. The highest BCUT2D eigenvalue weighted by Crippen LogP contribution is 2.58. The van der Waals surface area contributed by atoms with Crippen molar-refractivity contribution in [3.05, 3.63) is 23.8 Å². The van der Waals surface area contributed by atoms with Gasteiger partial charge in [-0.2, -0.15) is 0 Å². The molecule has 1 atom stereocenters. The molecule has 1 aliphatic carbocycles. The molecular weight excluding hydrogens is 326 g/mol. The van der Waals surface area contributed by atoms with Crippen LogP contribution in [0.3, 0.4) is 0 Å². The van der Waals surface area contributed by atoms with Crippen molar-refractivity contribution in [2.45, 2.75) is 38.5 Å². The first-order valence-electron chi connectivity index (χ1n) is 8.61. The number of fused-ring (bicyclic) bond motifs is 1. The molecule has 2 fully saturated rings. The van der Waals surface area contributed by atoms with Gasteiger partial charge in [0.1, 0.15) is 0 Å².